The Balaban J connectivity index is 3.16. The third-order valence-electron chi connectivity index (χ3n) is 1.71. The molecule has 1 unspecified atom stereocenters. The Morgan fingerprint density at radius 3 is 2.67 bits per heavy atom. The molecule has 0 bridgehead atoms. The van der Waals surface area contributed by atoms with E-state index in [1.807, 2.05) is 0 Å². The van der Waals surface area contributed by atoms with Gasteiger partial charge in [-0.05, 0) is 13.3 Å². The van der Waals surface area contributed by atoms with Crippen molar-refractivity contribution in [3.8, 4) is 0 Å². The van der Waals surface area contributed by atoms with Crippen molar-refractivity contribution in [2.45, 2.75) is 32.8 Å². The average molecular weight is 220 g/mol. The van der Waals surface area contributed by atoms with E-state index in [0.717, 1.165) is 19.4 Å². The Labute approximate surface area is 90.3 Å². The van der Waals surface area contributed by atoms with Crippen LogP contribution in [0.4, 0.5) is 4.79 Å². The quantitative estimate of drug-likeness (QED) is 0.475. The van der Waals surface area contributed by atoms with Crippen LogP contribution in [0, 0.1) is 0 Å². The van der Waals surface area contributed by atoms with Crippen LogP contribution >= 0.6 is 0 Å². The molecule has 0 fully saturated rings. The fourth-order valence-electron chi connectivity index (χ4n) is 0.893. The lowest BCUT2D eigenvalue weighted by molar-refractivity contribution is -0.0222. The summed E-state index contributed by atoms with van der Waals surface area (Å²) in [4.78, 5) is 10.0. The molecule has 0 aromatic heterocycles. The predicted molar refractivity (Wildman–Crippen MR) is 55.1 cm³/mol. The maximum atomic E-state index is 10.0. The maximum Gasteiger partial charge on any atom is 0.505 e. The zero-order chi connectivity index (χ0) is 11.5. The van der Waals surface area contributed by atoms with Gasteiger partial charge in [0.05, 0.1) is 19.3 Å². The number of hydrogen-bond acceptors (Lipinski definition) is 4. The van der Waals surface area contributed by atoms with E-state index in [2.05, 4.69) is 11.7 Å². The van der Waals surface area contributed by atoms with Crippen LogP contribution in [0.25, 0.3) is 0 Å². The maximum absolute atomic E-state index is 10.0. The van der Waals surface area contributed by atoms with Gasteiger partial charge in [0.15, 0.2) is 0 Å². The molecule has 0 radical (unpaired) electrons. The number of carbonyl (C=O) groups is 1. The van der Waals surface area contributed by atoms with E-state index >= 15 is 0 Å². The van der Waals surface area contributed by atoms with Crippen LogP contribution in [-0.4, -0.2) is 43.8 Å². The summed E-state index contributed by atoms with van der Waals surface area (Å²) < 4.78 is 14.9. The standard InChI is InChI=1S/C10H20O5/c1-3-4-5-13-6-7-14-9(2)8-15-10(11)12/h9H,3-8H2,1-2H3,(H,11,12). The van der Waals surface area contributed by atoms with Gasteiger partial charge in [-0.1, -0.05) is 13.3 Å². The van der Waals surface area contributed by atoms with Crippen molar-refractivity contribution in [3.63, 3.8) is 0 Å². The topological polar surface area (TPSA) is 65.0 Å². The van der Waals surface area contributed by atoms with Crippen molar-refractivity contribution in [3.05, 3.63) is 0 Å². The van der Waals surface area contributed by atoms with Crippen LogP contribution < -0.4 is 0 Å². The Bertz CT molecular complexity index is 160. The first-order valence-electron chi connectivity index (χ1n) is 5.21. The molecule has 90 valence electrons. The molecular formula is C10H20O5. The largest absolute Gasteiger partial charge is 0.505 e. The Morgan fingerprint density at radius 1 is 1.33 bits per heavy atom. The summed E-state index contributed by atoms with van der Waals surface area (Å²) in [6.45, 7) is 5.68. The highest BCUT2D eigenvalue weighted by Gasteiger charge is 2.05. The summed E-state index contributed by atoms with van der Waals surface area (Å²) in [5, 5.41) is 8.23. The summed E-state index contributed by atoms with van der Waals surface area (Å²) in [6, 6.07) is 0. The molecule has 0 aromatic carbocycles. The van der Waals surface area contributed by atoms with Crippen molar-refractivity contribution < 1.29 is 24.1 Å². The van der Waals surface area contributed by atoms with Crippen molar-refractivity contribution in [2.75, 3.05) is 26.4 Å². The lowest BCUT2D eigenvalue weighted by Gasteiger charge is -2.12. The smallest absolute Gasteiger partial charge is 0.450 e. The van der Waals surface area contributed by atoms with E-state index in [1.165, 1.54) is 0 Å². The van der Waals surface area contributed by atoms with E-state index in [0.29, 0.717) is 13.2 Å². The normalized spacial score (nSPS) is 12.4. The summed E-state index contributed by atoms with van der Waals surface area (Å²) in [7, 11) is 0. The van der Waals surface area contributed by atoms with Gasteiger partial charge >= 0.3 is 6.16 Å². The molecule has 0 aliphatic heterocycles. The van der Waals surface area contributed by atoms with Crippen LogP contribution in [0.2, 0.25) is 0 Å². The molecule has 0 spiro atoms. The summed E-state index contributed by atoms with van der Waals surface area (Å²) in [5.74, 6) is 0. The van der Waals surface area contributed by atoms with Crippen LogP contribution in [-0.2, 0) is 14.2 Å². The second-order valence-corrected chi connectivity index (χ2v) is 3.22. The van der Waals surface area contributed by atoms with Crippen LogP contribution in [0.5, 0.6) is 0 Å². The molecule has 0 saturated heterocycles. The molecule has 0 aliphatic carbocycles. The number of carboxylic acid groups (broad SMARTS) is 1. The van der Waals surface area contributed by atoms with E-state index < -0.39 is 6.16 Å². The van der Waals surface area contributed by atoms with Gasteiger partial charge in [-0.2, -0.15) is 0 Å². The van der Waals surface area contributed by atoms with Gasteiger partial charge in [0.2, 0.25) is 0 Å². The zero-order valence-corrected chi connectivity index (χ0v) is 9.40. The minimum atomic E-state index is -1.27. The molecule has 1 atom stereocenters. The first-order chi connectivity index (χ1) is 7.16. The van der Waals surface area contributed by atoms with Gasteiger partial charge in [-0.3, -0.25) is 0 Å². The third kappa shape index (κ3) is 11.1. The van der Waals surface area contributed by atoms with Gasteiger partial charge in [0, 0.05) is 6.61 Å². The lowest BCUT2D eigenvalue weighted by atomic mass is 10.4. The zero-order valence-electron chi connectivity index (χ0n) is 9.40. The highest BCUT2D eigenvalue weighted by atomic mass is 16.7. The monoisotopic (exact) mass is 220 g/mol. The van der Waals surface area contributed by atoms with Gasteiger partial charge in [-0.25, -0.2) is 4.79 Å². The number of hydrogen-bond donors (Lipinski definition) is 1. The second kappa shape index (κ2) is 9.73. The third-order valence-corrected chi connectivity index (χ3v) is 1.71. The molecule has 15 heavy (non-hydrogen) atoms. The minimum absolute atomic E-state index is 0.0598. The summed E-state index contributed by atoms with van der Waals surface area (Å²) in [6.07, 6.45) is 0.669. The van der Waals surface area contributed by atoms with Crippen LogP contribution in [0.3, 0.4) is 0 Å². The molecule has 5 nitrogen and oxygen atoms in total. The number of rotatable bonds is 9. The van der Waals surface area contributed by atoms with E-state index in [4.69, 9.17) is 14.6 Å². The van der Waals surface area contributed by atoms with Crippen molar-refractivity contribution in [1.29, 1.82) is 0 Å². The predicted octanol–water partition coefficient (Wildman–Crippen LogP) is 1.90. The molecule has 0 saturated carbocycles. The SMILES string of the molecule is CCCCOCCOC(C)COC(=O)O. The van der Waals surface area contributed by atoms with Crippen molar-refractivity contribution in [2.24, 2.45) is 0 Å². The molecule has 0 aromatic rings. The molecule has 0 amide bonds. The Kier molecular flexibility index (Phi) is 9.21. The van der Waals surface area contributed by atoms with Crippen molar-refractivity contribution in [1.82, 2.24) is 0 Å². The van der Waals surface area contributed by atoms with E-state index in [1.54, 1.807) is 6.92 Å². The molecule has 0 heterocycles. The Hall–Kier alpha value is -0.810. The van der Waals surface area contributed by atoms with Crippen LogP contribution in [0.1, 0.15) is 26.7 Å². The molecule has 5 heteroatoms. The summed E-state index contributed by atoms with van der Waals surface area (Å²) in [5.41, 5.74) is 0. The fraction of sp³-hybridized carbons (Fsp3) is 0.900. The number of ether oxygens (including phenoxy) is 3. The second-order valence-electron chi connectivity index (χ2n) is 3.22. The van der Waals surface area contributed by atoms with Gasteiger partial charge in [-0.15, -0.1) is 0 Å². The minimum Gasteiger partial charge on any atom is -0.450 e. The molecular weight excluding hydrogens is 200 g/mol. The van der Waals surface area contributed by atoms with Crippen LogP contribution in [0.15, 0.2) is 0 Å². The number of unbranched alkanes of at least 4 members (excludes halogenated alkanes) is 1. The van der Waals surface area contributed by atoms with E-state index in [9.17, 15) is 4.79 Å². The fourth-order valence-corrected chi connectivity index (χ4v) is 0.893. The average Bonchev–Trinajstić information content (AvgIpc) is 2.20. The van der Waals surface area contributed by atoms with Crippen molar-refractivity contribution >= 4 is 6.16 Å². The van der Waals surface area contributed by atoms with Gasteiger partial charge in [0.1, 0.15) is 6.61 Å². The molecule has 0 aliphatic rings. The van der Waals surface area contributed by atoms with Gasteiger partial charge < -0.3 is 19.3 Å². The van der Waals surface area contributed by atoms with Gasteiger partial charge in [0.25, 0.3) is 0 Å². The molecule has 1 N–H and O–H groups in total. The van der Waals surface area contributed by atoms with E-state index in [-0.39, 0.29) is 12.7 Å². The summed E-state index contributed by atoms with van der Waals surface area (Å²) >= 11 is 0. The highest BCUT2D eigenvalue weighted by Crippen LogP contribution is 1.93. The lowest BCUT2D eigenvalue weighted by Crippen LogP contribution is -2.20. The Morgan fingerprint density at radius 2 is 2.07 bits per heavy atom. The first kappa shape index (κ1) is 14.2. The molecule has 0 rings (SSSR count). The first-order valence-corrected chi connectivity index (χ1v) is 5.21. The highest BCUT2D eigenvalue weighted by molar-refractivity contribution is 5.56.